The molecule has 0 saturated heterocycles. The number of benzene rings is 1. The minimum Gasteiger partial charge on any atom is -0.496 e. The van der Waals surface area contributed by atoms with Crippen LogP contribution in [-0.2, 0) is 28.9 Å². The van der Waals surface area contributed by atoms with Gasteiger partial charge in [-0.3, -0.25) is 4.79 Å². The van der Waals surface area contributed by atoms with Crippen molar-refractivity contribution in [1.82, 2.24) is 19.7 Å². The number of fused-ring (bicyclic) bond motifs is 1. The molecule has 1 atom stereocenters. The van der Waals surface area contributed by atoms with E-state index in [-0.39, 0.29) is 37.8 Å². The largest absolute Gasteiger partial charge is 0.496 e. The molecule has 2 aromatic rings. The molecule has 0 fully saturated rings. The van der Waals surface area contributed by atoms with E-state index in [4.69, 9.17) is 9.57 Å². The number of rotatable bonds is 3. The Morgan fingerprint density at radius 1 is 1.24 bits per heavy atom. The van der Waals surface area contributed by atoms with Gasteiger partial charge in [-0.15, -0.1) is 10.2 Å². The van der Waals surface area contributed by atoms with Crippen molar-refractivity contribution in [3.05, 3.63) is 41.5 Å². The highest BCUT2D eigenvalue weighted by Crippen LogP contribution is 2.33. The number of aromatic nitrogens is 3. The second-order valence-corrected chi connectivity index (χ2v) is 7.05. The van der Waals surface area contributed by atoms with Crippen molar-refractivity contribution in [2.75, 3.05) is 13.7 Å². The third-order valence-electron chi connectivity index (χ3n) is 5.03. The van der Waals surface area contributed by atoms with E-state index in [0.29, 0.717) is 11.5 Å². The zero-order valence-electron chi connectivity index (χ0n) is 15.7. The second kappa shape index (κ2) is 6.75. The van der Waals surface area contributed by atoms with Crippen LogP contribution >= 0.6 is 0 Å². The van der Waals surface area contributed by atoms with Crippen LogP contribution in [0.3, 0.4) is 0 Å². The number of methoxy groups -OCH3 is 1. The molecule has 3 heterocycles. The predicted molar refractivity (Wildman–Crippen MR) is 94.1 cm³/mol. The Balaban J connectivity index is 1.50. The van der Waals surface area contributed by atoms with Gasteiger partial charge >= 0.3 is 6.18 Å². The van der Waals surface area contributed by atoms with Gasteiger partial charge in [0.2, 0.25) is 11.4 Å². The highest BCUT2D eigenvalue weighted by Gasteiger charge is 2.47. The quantitative estimate of drug-likeness (QED) is 0.777. The fourth-order valence-electron chi connectivity index (χ4n) is 3.56. The van der Waals surface area contributed by atoms with Crippen LogP contribution in [0.25, 0.3) is 0 Å². The Morgan fingerprint density at radius 2 is 2.00 bits per heavy atom. The molecule has 0 spiro atoms. The van der Waals surface area contributed by atoms with Crippen LogP contribution in [0.1, 0.15) is 30.6 Å². The lowest BCUT2D eigenvalue weighted by molar-refractivity contribution is -0.155. The van der Waals surface area contributed by atoms with E-state index in [1.54, 1.807) is 20.1 Å². The van der Waals surface area contributed by atoms with Crippen molar-refractivity contribution in [2.24, 2.45) is 5.16 Å². The number of alkyl halides is 3. The molecule has 0 saturated carbocycles. The summed E-state index contributed by atoms with van der Waals surface area (Å²) in [6.07, 6.45) is -4.38. The monoisotopic (exact) mass is 409 g/mol. The zero-order valence-corrected chi connectivity index (χ0v) is 15.7. The lowest BCUT2D eigenvalue weighted by atomic mass is 9.94. The first-order chi connectivity index (χ1) is 13.7. The van der Waals surface area contributed by atoms with Gasteiger partial charge in [0.1, 0.15) is 5.75 Å². The number of hydrogen-bond donors (Lipinski definition) is 0. The molecule has 2 aliphatic heterocycles. The van der Waals surface area contributed by atoms with Crippen LogP contribution < -0.4 is 4.74 Å². The van der Waals surface area contributed by atoms with Crippen molar-refractivity contribution in [2.45, 2.75) is 38.2 Å². The maximum absolute atomic E-state index is 13.1. The minimum atomic E-state index is -4.59. The Bertz CT molecular complexity index is 987. The molecular weight excluding hydrogens is 391 g/mol. The number of oxime groups is 1. The number of carbonyl (C=O) groups is 1. The number of halogens is 3. The molecule has 154 valence electrons. The molecule has 1 unspecified atom stereocenters. The number of amides is 1. The number of ether oxygens (including phenoxy) is 1. The van der Waals surface area contributed by atoms with Crippen LogP contribution in [0.4, 0.5) is 13.2 Å². The first-order valence-electron chi connectivity index (χ1n) is 8.90. The maximum atomic E-state index is 13.1. The summed E-state index contributed by atoms with van der Waals surface area (Å²) in [6, 6.07) is 7.25. The van der Waals surface area contributed by atoms with E-state index in [9.17, 15) is 18.0 Å². The average molecular weight is 409 g/mol. The lowest BCUT2D eigenvalue weighted by Crippen LogP contribution is -2.50. The van der Waals surface area contributed by atoms with Crippen molar-refractivity contribution >= 4 is 11.6 Å². The molecule has 8 nitrogen and oxygen atoms in total. The summed E-state index contributed by atoms with van der Waals surface area (Å²) in [5.41, 5.74) is 0.0307. The van der Waals surface area contributed by atoms with Gasteiger partial charge in [0.25, 0.3) is 5.91 Å². The second-order valence-electron chi connectivity index (χ2n) is 7.05. The summed E-state index contributed by atoms with van der Waals surface area (Å²) in [7, 11) is 1.54. The van der Waals surface area contributed by atoms with Crippen molar-refractivity contribution in [3.63, 3.8) is 0 Å². The fourth-order valence-corrected chi connectivity index (χ4v) is 3.56. The van der Waals surface area contributed by atoms with Crippen LogP contribution in [-0.4, -0.2) is 50.5 Å². The standard InChI is InChI=1S/C18H18F3N5O3/c1-17(9-12(24-29-17)11-5-3-4-6-13(11)28-2)16(27)25-7-8-26-14(10-25)22-23-15(26)18(19,20)21/h3-6H,7-10H2,1-2H3. The van der Waals surface area contributed by atoms with Gasteiger partial charge in [0, 0.05) is 25.1 Å². The SMILES string of the molecule is COc1ccccc1C1=NOC(C)(C(=O)N2CCn3c(nnc3C(F)(F)F)C2)C1. The number of nitrogens with zero attached hydrogens (tertiary/aromatic N) is 5. The zero-order chi connectivity index (χ0) is 20.8. The van der Waals surface area contributed by atoms with Crippen LogP contribution in [0.15, 0.2) is 29.4 Å². The van der Waals surface area contributed by atoms with Crippen molar-refractivity contribution in [1.29, 1.82) is 0 Å². The summed E-state index contributed by atoms with van der Waals surface area (Å²) in [5, 5.41) is 10.9. The molecule has 0 N–H and O–H groups in total. The van der Waals surface area contributed by atoms with Gasteiger partial charge in [0.05, 0.1) is 19.4 Å². The molecule has 11 heteroatoms. The Hall–Kier alpha value is -3.11. The van der Waals surface area contributed by atoms with E-state index in [0.717, 1.165) is 10.1 Å². The van der Waals surface area contributed by atoms with Gasteiger partial charge in [0.15, 0.2) is 5.82 Å². The normalized spacial score (nSPS) is 21.4. The summed E-state index contributed by atoms with van der Waals surface area (Å²) in [5.74, 6) is -0.722. The van der Waals surface area contributed by atoms with Gasteiger partial charge in [-0.2, -0.15) is 13.2 Å². The highest BCUT2D eigenvalue weighted by atomic mass is 19.4. The van der Waals surface area contributed by atoms with Gasteiger partial charge in [-0.1, -0.05) is 17.3 Å². The lowest BCUT2D eigenvalue weighted by Gasteiger charge is -2.33. The summed E-state index contributed by atoms with van der Waals surface area (Å²) < 4.78 is 45.3. The van der Waals surface area contributed by atoms with E-state index >= 15 is 0 Å². The van der Waals surface area contributed by atoms with E-state index in [1.807, 2.05) is 18.2 Å². The molecule has 4 rings (SSSR count). The first kappa shape index (κ1) is 19.2. The number of hydrogen-bond acceptors (Lipinski definition) is 6. The smallest absolute Gasteiger partial charge is 0.451 e. The molecule has 1 amide bonds. The predicted octanol–water partition coefficient (Wildman–Crippen LogP) is 2.23. The highest BCUT2D eigenvalue weighted by molar-refractivity contribution is 6.07. The van der Waals surface area contributed by atoms with E-state index < -0.39 is 17.6 Å². The molecule has 0 radical (unpaired) electrons. The van der Waals surface area contributed by atoms with E-state index in [1.165, 1.54) is 4.90 Å². The molecule has 0 aliphatic carbocycles. The van der Waals surface area contributed by atoms with Gasteiger partial charge in [-0.05, 0) is 19.1 Å². The number of para-hydroxylation sites is 1. The van der Waals surface area contributed by atoms with Gasteiger partial charge in [-0.25, -0.2) is 0 Å². The molecule has 1 aromatic heterocycles. The third kappa shape index (κ3) is 3.30. The molecular formula is C18H18F3N5O3. The topological polar surface area (TPSA) is 81.8 Å². The van der Waals surface area contributed by atoms with Gasteiger partial charge < -0.3 is 19.0 Å². The third-order valence-corrected chi connectivity index (χ3v) is 5.03. The Labute approximate surface area is 163 Å². The fraction of sp³-hybridized carbons (Fsp3) is 0.444. The maximum Gasteiger partial charge on any atom is 0.451 e. The molecule has 1 aromatic carbocycles. The average Bonchev–Trinajstić information content (AvgIpc) is 3.31. The Morgan fingerprint density at radius 3 is 2.72 bits per heavy atom. The minimum absolute atomic E-state index is 0.0424. The summed E-state index contributed by atoms with van der Waals surface area (Å²) >= 11 is 0. The van der Waals surface area contributed by atoms with Crippen LogP contribution in [0.2, 0.25) is 0 Å². The summed E-state index contributed by atoms with van der Waals surface area (Å²) in [6.45, 7) is 1.59. The van der Waals surface area contributed by atoms with Crippen molar-refractivity contribution in [3.8, 4) is 5.75 Å². The number of carbonyl (C=O) groups excluding carboxylic acids is 1. The molecule has 29 heavy (non-hydrogen) atoms. The molecule has 0 bridgehead atoms. The Kier molecular flexibility index (Phi) is 4.47. The van der Waals surface area contributed by atoms with E-state index in [2.05, 4.69) is 15.4 Å². The molecule has 2 aliphatic rings. The first-order valence-corrected chi connectivity index (χ1v) is 8.90. The van der Waals surface area contributed by atoms with Crippen LogP contribution in [0.5, 0.6) is 5.75 Å². The summed E-state index contributed by atoms with van der Waals surface area (Å²) in [4.78, 5) is 20.0. The van der Waals surface area contributed by atoms with Crippen LogP contribution in [0, 0.1) is 0 Å². The van der Waals surface area contributed by atoms with Crippen molar-refractivity contribution < 1.29 is 27.5 Å².